The molecule has 118 valence electrons. The van der Waals surface area contributed by atoms with Crippen LogP contribution in [0.4, 0.5) is 0 Å². The van der Waals surface area contributed by atoms with Gasteiger partial charge in [0.15, 0.2) is 11.0 Å². The molecular weight excluding hydrogens is 290 g/mol. The van der Waals surface area contributed by atoms with Gasteiger partial charge in [0, 0.05) is 6.04 Å². The van der Waals surface area contributed by atoms with Crippen LogP contribution >= 0.6 is 11.8 Å². The maximum Gasteiger partial charge on any atom is 0.313 e. The minimum atomic E-state index is -0.870. The van der Waals surface area contributed by atoms with E-state index < -0.39 is 5.97 Å². The van der Waals surface area contributed by atoms with Crippen LogP contribution in [0.2, 0.25) is 0 Å². The smallest absolute Gasteiger partial charge is 0.313 e. The largest absolute Gasteiger partial charge is 0.481 e. The van der Waals surface area contributed by atoms with E-state index in [1.807, 2.05) is 4.57 Å². The van der Waals surface area contributed by atoms with Crippen molar-refractivity contribution in [1.29, 1.82) is 0 Å². The Labute approximate surface area is 129 Å². The predicted molar refractivity (Wildman–Crippen MR) is 80.2 cm³/mol. The molecule has 1 aromatic heterocycles. The second-order valence-corrected chi connectivity index (χ2v) is 6.43. The second kappa shape index (κ2) is 7.79. The first kappa shape index (κ1) is 16.3. The lowest BCUT2D eigenvalue weighted by atomic mass is 9.83. The van der Waals surface area contributed by atoms with Gasteiger partial charge >= 0.3 is 5.97 Å². The van der Waals surface area contributed by atoms with Gasteiger partial charge in [0.2, 0.25) is 0 Å². The fourth-order valence-electron chi connectivity index (χ4n) is 3.22. The SMILES string of the molecule is CCC(C1CCCCC1)n1c(CO)nnc1SCC(=O)O. The van der Waals surface area contributed by atoms with Crippen LogP contribution in [0.3, 0.4) is 0 Å². The highest BCUT2D eigenvalue weighted by atomic mass is 32.2. The molecule has 1 atom stereocenters. The monoisotopic (exact) mass is 313 g/mol. The topological polar surface area (TPSA) is 88.2 Å². The van der Waals surface area contributed by atoms with Gasteiger partial charge in [0.05, 0.1) is 5.75 Å². The summed E-state index contributed by atoms with van der Waals surface area (Å²) in [5, 5.41) is 27.1. The van der Waals surface area contributed by atoms with Crippen LogP contribution in [-0.2, 0) is 11.4 Å². The number of aliphatic hydroxyl groups is 1. The molecule has 2 rings (SSSR count). The highest BCUT2D eigenvalue weighted by Gasteiger charge is 2.28. The Morgan fingerprint density at radius 2 is 2.10 bits per heavy atom. The molecule has 21 heavy (non-hydrogen) atoms. The van der Waals surface area contributed by atoms with Gasteiger partial charge in [-0.05, 0) is 25.2 Å². The van der Waals surface area contributed by atoms with Crippen LogP contribution < -0.4 is 0 Å². The van der Waals surface area contributed by atoms with Crippen LogP contribution in [-0.4, -0.2) is 36.7 Å². The minimum absolute atomic E-state index is 0.0370. The molecule has 0 aliphatic heterocycles. The van der Waals surface area contributed by atoms with Gasteiger partial charge in [-0.1, -0.05) is 37.9 Å². The molecule has 0 aromatic carbocycles. The summed E-state index contributed by atoms with van der Waals surface area (Å²) >= 11 is 1.18. The Morgan fingerprint density at radius 1 is 1.38 bits per heavy atom. The third-order valence-electron chi connectivity index (χ3n) is 4.15. The van der Waals surface area contributed by atoms with Gasteiger partial charge in [-0.2, -0.15) is 0 Å². The van der Waals surface area contributed by atoms with Gasteiger partial charge in [0.25, 0.3) is 0 Å². The Morgan fingerprint density at radius 3 is 2.67 bits per heavy atom. The average molecular weight is 313 g/mol. The van der Waals surface area contributed by atoms with Crippen molar-refractivity contribution in [2.45, 2.75) is 63.3 Å². The maximum atomic E-state index is 10.8. The summed E-state index contributed by atoms with van der Waals surface area (Å²) in [5.41, 5.74) is 0. The number of carbonyl (C=O) groups is 1. The summed E-state index contributed by atoms with van der Waals surface area (Å²) in [6, 6.07) is 0.249. The molecule has 6 nitrogen and oxygen atoms in total. The molecule has 1 unspecified atom stereocenters. The summed E-state index contributed by atoms with van der Waals surface area (Å²) in [7, 11) is 0. The third kappa shape index (κ3) is 3.97. The van der Waals surface area contributed by atoms with E-state index in [0.717, 1.165) is 6.42 Å². The number of carboxylic acids is 1. The van der Waals surface area contributed by atoms with E-state index >= 15 is 0 Å². The molecule has 1 aliphatic rings. The van der Waals surface area contributed by atoms with Crippen molar-refractivity contribution in [2.75, 3.05) is 5.75 Å². The molecule has 1 saturated carbocycles. The van der Waals surface area contributed by atoms with E-state index in [-0.39, 0.29) is 18.4 Å². The molecule has 0 bridgehead atoms. The van der Waals surface area contributed by atoms with Crippen LogP contribution in [0, 0.1) is 5.92 Å². The van der Waals surface area contributed by atoms with Crippen molar-refractivity contribution in [3.63, 3.8) is 0 Å². The summed E-state index contributed by atoms with van der Waals surface area (Å²) in [6.45, 7) is 1.97. The van der Waals surface area contributed by atoms with E-state index in [2.05, 4.69) is 17.1 Å². The quantitative estimate of drug-likeness (QED) is 0.752. The molecule has 1 aliphatic carbocycles. The molecule has 2 N–H and O–H groups in total. The number of thioether (sulfide) groups is 1. The molecule has 0 radical (unpaired) electrons. The number of aromatic nitrogens is 3. The molecule has 7 heteroatoms. The van der Waals surface area contributed by atoms with Crippen LogP contribution in [0.25, 0.3) is 0 Å². The lowest BCUT2D eigenvalue weighted by Gasteiger charge is -2.31. The van der Waals surface area contributed by atoms with E-state index in [0.29, 0.717) is 16.9 Å². The Balaban J connectivity index is 2.24. The van der Waals surface area contributed by atoms with Gasteiger partial charge in [-0.25, -0.2) is 0 Å². The molecule has 0 saturated heterocycles. The highest BCUT2D eigenvalue weighted by Crippen LogP contribution is 2.37. The molecular formula is C14H23N3O3S. The van der Waals surface area contributed by atoms with Crippen molar-refractivity contribution in [3.8, 4) is 0 Å². The first-order chi connectivity index (χ1) is 10.2. The van der Waals surface area contributed by atoms with Gasteiger partial charge in [-0.3, -0.25) is 4.79 Å². The zero-order valence-corrected chi connectivity index (χ0v) is 13.2. The molecule has 1 fully saturated rings. The van der Waals surface area contributed by atoms with Gasteiger partial charge in [-0.15, -0.1) is 10.2 Å². The van der Waals surface area contributed by atoms with E-state index in [1.54, 1.807) is 0 Å². The fraction of sp³-hybridized carbons (Fsp3) is 0.786. The van der Waals surface area contributed by atoms with E-state index in [4.69, 9.17) is 5.11 Å². The average Bonchev–Trinajstić information content (AvgIpc) is 2.90. The number of nitrogens with zero attached hydrogens (tertiary/aromatic N) is 3. The lowest BCUT2D eigenvalue weighted by Crippen LogP contribution is -2.24. The summed E-state index contributed by atoms with van der Waals surface area (Å²) in [4.78, 5) is 10.8. The minimum Gasteiger partial charge on any atom is -0.481 e. The molecule has 1 aromatic rings. The van der Waals surface area contributed by atoms with Crippen molar-refractivity contribution >= 4 is 17.7 Å². The second-order valence-electron chi connectivity index (χ2n) is 5.48. The summed E-state index contributed by atoms with van der Waals surface area (Å²) in [6.07, 6.45) is 7.10. The predicted octanol–water partition coefficient (Wildman–Crippen LogP) is 2.48. The van der Waals surface area contributed by atoms with Crippen molar-refractivity contribution in [1.82, 2.24) is 14.8 Å². The summed E-state index contributed by atoms with van der Waals surface area (Å²) < 4.78 is 1.98. The standard InChI is InChI=1S/C14H23N3O3S/c1-2-11(10-6-4-3-5-7-10)17-12(8-18)15-16-14(17)21-9-13(19)20/h10-11,18H,2-9H2,1H3,(H,19,20). The number of aliphatic carboxylic acids is 1. The number of hydrogen-bond donors (Lipinski definition) is 2. The first-order valence-corrected chi connectivity index (χ1v) is 8.55. The number of hydrogen-bond acceptors (Lipinski definition) is 5. The molecule has 0 amide bonds. The fourth-order valence-corrected chi connectivity index (χ4v) is 3.95. The van der Waals surface area contributed by atoms with Crippen molar-refractivity contribution in [2.24, 2.45) is 5.92 Å². The van der Waals surface area contributed by atoms with E-state index in [1.165, 1.54) is 43.9 Å². The maximum absolute atomic E-state index is 10.8. The zero-order chi connectivity index (χ0) is 15.2. The van der Waals surface area contributed by atoms with Gasteiger partial charge in [0.1, 0.15) is 6.61 Å². The van der Waals surface area contributed by atoms with E-state index in [9.17, 15) is 9.90 Å². The van der Waals surface area contributed by atoms with Crippen LogP contribution in [0.5, 0.6) is 0 Å². The number of aliphatic hydroxyl groups excluding tert-OH is 1. The Hall–Kier alpha value is -1.08. The van der Waals surface area contributed by atoms with Crippen molar-refractivity contribution < 1.29 is 15.0 Å². The van der Waals surface area contributed by atoms with Gasteiger partial charge < -0.3 is 14.8 Å². The third-order valence-corrected chi connectivity index (χ3v) is 5.07. The highest BCUT2D eigenvalue weighted by molar-refractivity contribution is 7.99. The zero-order valence-electron chi connectivity index (χ0n) is 12.4. The first-order valence-electron chi connectivity index (χ1n) is 7.56. The van der Waals surface area contributed by atoms with Crippen molar-refractivity contribution in [3.05, 3.63) is 5.82 Å². The number of carboxylic acid groups (broad SMARTS) is 1. The summed E-state index contributed by atoms with van der Waals surface area (Å²) in [5.74, 6) is 0.199. The van der Waals surface area contributed by atoms with Crippen LogP contribution in [0.15, 0.2) is 5.16 Å². The normalized spacial score (nSPS) is 17.8. The lowest BCUT2D eigenvalue weighted by molar-refractivity contribution is -0.133. The van der Waals surface area contributed by atoms with Crippen LogP contribution in [0.1, 0.15) is 57.3 Å². The molecule has 1 heterocycles. The number of rotatable bonds is 7. The Kier molecular flexibility index (Phi) is 6.05. The molecule has 0 spiro atoms. The Bertz CT molecular complexity index is 472.